The van der Waals surface area contributed by atoms with Crippen LogP contribution in [-0.2, 0) is 16.1 Å². The number of aryl methyl sites for hydroxylation is 1. The number of carbonyl (C=O) groups excluding carboxylic acids is 1. The molecule has 0 saturated carbocycles. The number of likely N-dealkylation sites (tertiary alicyclic amines) is 1. The average Bonchev–Trinajstić information content (AvgIpc) is 3.63. The van der Waals surface area contributed by atoms with Crippen molar-refractivity contribution in [2.24, 2.45) is 5.73 Å². The molecule has 1 aromatic carbocycles. The molecular weight excluding hydrogens is 491 g/mol. The van der Waals surface area contributed by atoms with E-state index in [1.165, 1.54) is 5.56 Å². The third-order valence-corrected chi connectivity index (χ3v) is 8.24. The lowest BCUT2D eigenvalue weighted by Gasteiger charge is -2.29. The molecule has 0 bridgehead atoms. The van der Waals surface area contributed by atoms with E-state index in [-0.39, 0.29) is 13.0 Å². The minimum atomic E-state index is -1.95. The number of ether oxygens (including phenoxy) is 1. The lowest BCUT2D eigenvalue weighted by Crippen LogP contribution is -2.42. The van der Waals surface area contributed by atoms with Gasteiger partial charge in [-0.1, -0.05) is 23.8 Å². The largest absolute Gasteiger partial charge is 0.378 e. The molecule has 8 nitrogen and oxygen atoms in total. The van der Waals surface area contributed by atoms with Crippen molar-refractivity contribution in [2.45, 2.75) is 25.6 Å². The van der Waals surface area contributed by atoms with Gasteiger partial charge < -0.3 is 15.4 Å². The molecule has 5 heterocycles. The van der Waals surface area contributed by atoms with E-state index >= 15 is 0 Å². The number of nitrogens with two attached hydrogens (primary N) is 1. The second kappa shape index (κ2) is 9.51. The maximum atomic E-state index is 14.7. The second-order valence-electron chi connectivity index (χ2n) is 9.83. The number of thiophene rings is 1. The van der Waals surface area contributed by atoms with E-state index < -0.39 is 11.6 Å². The van der Waals surface area contributed by atoms with Crippen LogP contribution in [0.2, 0.25) is 0 Å². The normalized spacial score (nSPS) is 20.6. The number of morpholine rings is 1. The quantitative estimate of drug-likeness (QED) is 0.417. The monoisotopic (exact) mass is 520 g/mol. The molecule has 2 N–H and O–H groups in total. The molecule has 2 saturated heterocycles. The second-order valence-corrected chi connectivity index (χ2v) is 11.0. The number of aromatic nitrogens is 3. The number of hydrogen-bond donors (Lipinski definition) is 1. The molecule has 2 fully saturated rings. The summed E-state index contributed by atoms with van der Waals surface area (Å²) in [4.78, 5) is 21.9. The third-order valence-electron chi connectivity index (χ3n) is 7.11. The summed E-state index contributed by atoms with van der Waals surface area (Å²) < 4.78 is 23.2. The number of hydrogen-bond acceptors (Lipinski definition) is 7. The number of primary amides is 1. The standard InChI is InChI=1S/C27H29FN6O2S/c1-18-3-2-4-19(13-18)21-5-7-34(31-21)24-15-23(33-9-11-36-12-10-33)25-22(30-24)14-20(37-25)16-32-8-6-27(28,17-32)26(29)35/h2-5,7,13-15H,6,8-12,16-17H2,1H3,(H2,29,35). The van der Waals surface area contributed by atoms with E-state index in [1.807, 2.05) is 27.9 Å². The first kappa shape index (κ1) is 24.0. The summed E-state index contributed by atoms with van der Waals surface area (Å²) in [5.41, 5.74) is 8.48. The fourth-order valence-corrected chi connectivity index (χ4v) is 6.27. The molecule has 1 unspecified atom stereocenters. The van der Waals surface area contributed by atoms with Crippen LogP contribution in [-0.4, -0.2) is 70.6 Å². The maximum Gasteiger partial charge on any atom is 0.256 e. The summed E-state index contributed by atoms with van der Waals surface area (Å²) in [7, 11) is 0. The van der Waals surface area contributed by atoms with Crippen LogP contribution in [0.5, 0.6) is 0 Å². The van der Waals surface area contributed by atoms with Crippen molar-refractivity contribution in [1.29, 1.82) is 0 Å². The number of alkyl halides is 1. The Kier molecular flexibility index (Phi) is 6.18. The van der Waals surface area contributed by atoms with Gasteiger partial charge in [0.1, 0.15) is 0 Å². The van der Waals surface area contributed by atoms with E-state index in [0.29, 0.717) is 26.3 Å². The van der Waals surface area contributed by atoms with Crippen LogP contribution in [0, 0.1) is 6.92 Å². The number of benzene rings is 1. The number of pyridine rings is 1. The lowest BCUT2D eigenvalue weighted by atomic mass is 10.1. The zero-order valence-corrected chi connectivity index (χ0v) is 21.5. The fraction of sp³-hybridized carbons (Fsp3) is 0.370. The third kappa shape index (κ3) is 4.72. The molecule has 6 rings (SSSR count). The van der Waals surface area contributed by atoms with Gasteiger partial charge in [-0.25, -0.2) is 14.1 Å². The van der Waals surface area contributed by atoms with Crippen LogP contribution in [0.25, 0.3) is 27.3 Å². The zero-order chi connectivity index (χ0) is 25.6. The smallest absolute Gasteiger partial charge is 0.256 e. The number of fused-ring (bicyclic) bond motifs is 1. The summed E-state index contributed by atoms with van der Waals surface area (Å²) in [6, 6.07) is 14.5. The molecular formula is C27H29FN6O2S. The molecule has 1 atom stereocenters. The molecule has 4 aromatic rings. The van der Waals surface area contributed by atoms with Gasteiger partial charge in [-0.05, 0) is 25.1 Å². The molecule has 0 spiro atoms. The van der Waals surface area contributed by atoms with Gasteiger partial charge in [0.05, 0.1) is 34.8 Å². The molecule has 0 radical (unpaired) electrons. The summed E-state index contributed by atoms with van der Waals surface area (Å²) >= 11 is 1.67. The predicted molar refractivity (Wildman–Crippen MR) is 143 cm³/mol. The Balaban J connectivity index is 1.35. The molecule has 2 aliphatic rings. The highest BCUT2D eigenvalue weighted by atomic mass is 32.1. The Morgan fingerprint density at radius 2 is 2.03 bits per heavy atom. The maximum absolute atomic E-state index is 14.7. The highest BCUT2D eigenvalue weighted by Crippen LogP contribution is 2.37. The van der Waals surface area contributed by atoms with Crippen molar-refractivity contribution in [3.05, 3.63) is 59.1 Å². The van der Waals surface area contributed by atoms with Gasteiger partial charge in [0.2, 0.25) is 5.67 Å². The van der Waals surface area contributed by atoms with Crippen molar-refractivity contribution in [3.63, 3.8) is 0 Å². The topological polar surface area (TPSA) is 89.5 Å². The van der Waals surface area contributed by atoms with Crippen molar-refractivity contribution in [2.75, 3.05) is 44.3 Å². The Hall–Kier alpha value is -3.34. The summed E-state index contributed by atoms with van der Waals surface area (Å²) in [5.74, 6) is -0.133. The minimum Gasteiger partial charge on any atom is -0.378 e. The van der Waals surface area contributed by atoms with Gasteiger partial charge in [-0.2, -0.15) is 5.10 Å². The Labute approximate surface area is 218 Å². The summed E-state index contributed by atoms with van der Waals surface area (Å²) in [6.45, 7) is 6.10. The van der Waals surface area contributed by atoms with Crippen molar-refractivity contribution in [3.8, 4) is 17.1 Å². The molecule has 1 amide bonds. The van der Waals surface area contributed by atoms with Crippen LogP contribution in [0.3, 0.4) is 0 Å². The van der Waals surface area contributed by atoms with E-state index in [1.54, 1.807) is 11.3 Å². The van der Waals surface area contributed by atoms with Crippen LogP contribution in [0.1, 0.15) is 16.9 Å². The molecule has 3 aromatic heterocycles. The van der Waals surface area contributed by atoms with Gasteiger partial charge in [0, 0.05) is 61.8 Å². The van der Waals surface area contributed by atoms with Crippen LogP contribution in [0.4, 0.5) is 10.1 Å². The number of nitrogens with zero attached hydrogens (tertiary/aromatic N) is 5. The van der Waals surface area contributed by atoms with Gasteiger partial charge >= 0.3 is 0 Å². The molecule has 37 heavy (non-hydrogen) atoms. The number of amides is 1. The number of carbonyl (C=O) groups is 1. The van der Waals surface area contributed by atoms with Crippen LogP contribution in [0.15, 0.2) is 48.7 Å². The minimum absolute atomic E-state index is 0.0284. The van der Waals surface area contributed by atoms with Crippen LogP contribution >= 0.6 is 11.3 Å². The molecule has 0 aliphatic carbocycles. The number of anilines is 1. The van der Waals surface area contributed by atoms with Crippen molar-refractivity contribution >= 4 is 33.1 Å². The lowest BCUT2D eigenvalue weighted by molar-refractivity contribution is -0.128. The Bertz CT molecular complexity index is 1460. The SMILES string of the molecule is Cc1cccc(-c2ccn(-c3cc(N4CCOCC4)c4sc(CN5CCC(F)(C(N)=O)C5)cc4n3)n2)c1. The first-order valence-corrected chi connectivity index (χ1v) is 13.3. The highest BCUT2D eigenvalue weighted by molar-refractivity contribution is 7.19. The zero-order valence-electron chi connectivity index (χ0n) is 20.7. The number of rotatable bonds is 6. The van der Waals surface area contributed by atoms with E-state index in [0.717, 1.165) is 50.9 Å². The van der Waals surface area contributed by atoms with E-state index in [9.17, 15) is 9.18 Å². The fourth-order valence-electron chi connectivity index (χ4n) is 5.09. The van der Waals surface area contributed by atoms with Gasteiger partial charge in [0.25, 0.3) is 5.91 Å². The molecule has 10 heteroatoms. The Morgan fingerprint density at radius 1 is 1.19 bits per heavy atom. The Morgan fingerprint density at radius 3 is 2.78 bits per heavy atom. The van der Waals surface area contributed by atoms with Gasteiger partial charge in [-0.15, -0.1) is 11.3 Å². The predicted octanol–water partition coefficient (Wildman–Crippen LogP) is 3.69. The van der Waals surface area contributed by atoms with Gasteiger partial charge in [0.15, 0.2) is 5.82 Å². The van der Waals surface area contributed by atoms with Crippen molar-refractivity contribution < 1.29 is 13.9 Å². The van der Waals surface area contributed by atoms with Crippen molar-refractivity contribution in [1.82, 2.24) is 19.7 Å². The molecule has 192 valence electrons. The number of halogens is 1. The first-order valence-electron chi connectivity index (χ1n) is 12.5. The average molecular weight is 521 g/mol. The summed E-state index contributed by atoms with van der Waals surface area (Å²) in [6.07, 6.45) is 2.08. The van der Waals surface area contributed by atoms with Gasteiger partial charge in [-0.3, -0.25) is 9.69 Å². The molecule has 2 aliphatic heterocycles. The first-order chi connectivity index (χ1) is 17.9. The van der Waals surface area contributed by atoms with E-state index in [4.69, 9.17) is 20.6 Å². The van der Waals surface area contributed by atoms with Crippen LogP contribution < -0.4 is 10.6 Å². The summed E-state index contributed by atoms with van der Waals surface area (Å²) in [5, 5.41) is 4.83. The highest BCUT2D eigenvalue weighted by Gasteiger charge is 2.43. The van der Waals surface area contributed by atoms with E-state index in [2.05, 4.69) is 42.2 Å².